The highest BCUT2D eigenvalue weighted by atomic mass is 32.2. The molecule has 0 saturated heterocycles. The number of hydrogen-bond acceptors (Lipinski definition) is 2. The zero-order valence-electron chi connectivity index (χ0n) is 23.4. The fourth-order valence-electron chi connectivity index (χ4n) is 4.65. The van der Waals surface area contributed by atoms with Crippen molar-refractivity contribution in [2.45, 2.75) is 20.9 Å². The minimum atomic E-state index is -5.19. The van der Waals surface area contributed by atoms with Crippen LogP contribution in [0.2, 0.25) is 0 Å². The predicted molar refractivity (Wildman–Crippen MR) is 169 cm³/mol. The smallest absolute Gasteiger partial charge is 0.430 e. The first-order valence-electron chi connectivity index (χ1n) is 13.8. The first kappa shape index (κ1) is 30.4. The number of carbonyl (C=O) groups excluding carboxylic acids is 1. The molecule has 0 aromatic heterocycles. The zero-order valence-corrected chi connectivity index (χ0v) is 24.3. The molecule has 0 aliphatic rings. The average molecular weight is 605 g/mol. The van der Waals surface area contributed by atoms with Gasteiger partial charge in [0.25, 0.3) is 0 Å². The van der Waals surface area contributed by atoms with Gasteiger partial charge in [0.15, 0.2) is 14.7 Å². The lowest BCUT2D eigenvalue weighted by Gasteiger charge is -2.11. The number of hydrogen-bond donors (Lipinski definition) is 0. The van der Waals surface area contributed by atoms with Crippen molar-refractivity contribution in [2.75, 3.05) is 0 Å². The van der Waals surface area contributed by atoms with Gasteiger partial charge in [-0.1, -0.05) is 91.0 Å². The van der Waals surface area contributed by atoms with Crippen LogP contribution in [0, 0.1) is 0 Å². The molecule has 2 nitrogen and oxygen atoms in total. The van der Waals surface area contributed by atoms with E-state index in [2.05, 4.69) is 164 Å². The van der Waals surface area contributed by atoms with E-state index >= 15 is 0 Å². The highest BCUT2D eigenvalue weighted by molar-refractivity contribution is 7.97. The fraction of sp³-hybridized carbons (Fsp3) is 0.0263. The van der Waals surface area contributed by atoms with Gasteiger partial charge in [-0.25, -0.2) is 0 Å². The van der Waals surface area contributed by atoms with E-state index < -0.39 is 12.1 Å². The molecule has 0 atom stereocenters. The maximum atomic E-state index is 10.5. The third-order valence-electron chi connectivity index (χ3n) is 6.82. The van der Waals surface area contributed by atoms with Gasteiger partial charge < -0.3 is 9.90 Å². The Morgan fingerprint density at radius 3 is 0.818 bits per heavy atom. The summed E-state index contributed by atoms with van der Waals surface area (Å²) in [7, 11) is -0.209. The van der Waals surface area contributed by atoms with Crippen molar-refractivity contribution < 1.29 is 23.1 Å². The molecule has 6 heteroatoms. The molecule has 0 aliphatic carbocycles. The van der Waals surface area contributed by atoms with E-state index in [-0.39, 0.29) is 10.9 Å². The van der Waals surface area contributed by atoms with Gasteiger partial charge in [0.1, 0.15) is 5.97 Å². The molecule has 6 aromatic carbocycles. The van der Waals surface area contributed by atoms with Crippen LogP contribution in [-0.2, 0) is 15.7 Å². The molecular formula is C38H27F3O2S. The molecule has 0 spiro atoms. The lowest BCUT2D eigenvalue weighted by Crippen LogP contribution is -2.37. The molecule has 0 amide bonds. The summed E-state index contributed by atoms with van der Waals surface area (Å²) in [5.74, 6) is -3.01. The van der Waals surface area contributed by atoms with Crippen molar-refractivity contribution in [3.05, 3.63) is 164 Å². The molecule has 0 bridgehead atoms. The Morgan fingerprint density at radius 2 is 0.614 bits per heavy atom. The van der Waals surface area contributed by atoms with Gasteiger partial charge in [-0.3, -0.25) is 0 Å². The monoisotopic (exact) mass is 604 g/mol. The normalized spacial score (nSPS) is 11.0. The number of rotatable bonds is 6. The predicted octanol–water partition coefficient (Wildman–Crippen LogP) is 9.08. The fourth-order valence-corrected chi connectivity index (χ4v) is 6.69. The number of carboxylic acid groups (broad SMARTS) is 1. The van der Waals surface area contributed by atoms with Crippen LogP contribution in [0.4, 0.5) is 13.2 Å². The summed E-state index contributed by atoms with van der Waals surface area (Å²) < 4.78 is 31.5. The molecule has 44 heavy (non-hydrogen) atoms. The topological polar surface area (TPSA) is 40.1 Å². The van der Waals surface area contributed by atoms with Gasteiger partial charge in [0, 0.05) is 0 Å². The van der Waals surface area contributed by atoms with Crippen LogP contribution in [-0.4, -0.2) is 12.1 Å². The second-order valence-corrected chi connectivity index (χ2v) is 11.8. The second kappa shape index (κ2) is 13.9. The van der Waals surface area contributed by atoms with Crippen LogP contribution in [0.3, 0.4) is 0 Å². The maximum absolute atomic E-state index is 10.5. The molecule has 0 saturated carbocycles. The highest BCUT2D eigenvalue weighted by Gasteiger charge is 2.29. The van der Waals surface area contributed by atoms with Gasteiger partial charge in [0.2, 0.25) is 0 Å². The Balaban J connectivity index is 0.000000493. The van der Waals surface area contributed by atoms with E-state index in [0.717, 1.165) is 0 Å². The largest absolute Gasteiger partial charge is 0.542 e. The summed E-state index contributed by atoms with van der Waals surface area (Å²) in [4.78, 5) is 12.7. The van der Waals surface area contributed by atoms with Crippen LogP contribution >= 0.6 is 0 Å². The van der Waals surface area contributed by atoms with Gasteiger partial charge in [0.05, 0.1) is 10.9 Å². The molecule has 0 unspecified atom stereocenters. The standard InChI is InChI=1S/C36H27S.C2HF3O2/c1-4-10-28(11-5-1)31-16-22-34(23-17-31)37(35-24-18-32(19-25-35)29-12-6-2-7-13-29)36-26-20-33(21-27-36)30-14-8-3-9-15-30;3-2(4,5)1(6)7/h1-27H;(H,6,7)/q+1;/p-1. The Kier molecular flexibility index (Phi) is 9.62. The SMILES string of the molecule is O=C([O-])C(F)(F)F.c1ccc(-c2ccc([S+](c3ccc(-c4ccccc4)cc3)c3ccc(-c4ccccc4)cc3)cc2)cc1. The third kappa shape index (κ3) is 7.65. The molecule has 6 rings (SSSR count). The molecule has 0 radical (unpaired) electrons. The molecule has 0 heterocycles. The van der Waals surface area contributed by atoms with Crippen LogP contribution in [0.5, 0.6) is 0 Å². The third-order valence-corrected chi connectivity index (χ3v) is 9.05. The van der Waals surface area contributed by atoms with Gasteiger partial charge in [-0.15, -0.1) is 0 Å². The van der Waals surface area contributed by atoms with Gasteiger partial charge in [-0.05, 0) is 106 Å². The lowest BCUT2D eigenvalue weighted by molar-refractivity contribution is -0.344. The molecule has 0 aliphatic heterocycles. The van der Waals surface area contributed by atoms with E-state index in [1.165, 1.54) is 48.1 Å². The quantitative estimate of drug-likeness (QED) is 0.178. The van der Waals surface area contributed by atoms with Crippen molar-refractivity contribution in [3.8, 4) is 33.4 Å². The number of aliphatic carboxylic acids is 1. The van der Waals surface area contributed by atoms with Crippen LogP contribution in [0.15, 0.2) is 178 Å². The summed E-state index contributed by atoms with van der Waals surface area (Å²) in [5, 5.41) is 8.78. The number of alkyl halides is 3. The van der Waals surface area contributed by atoms with Crippen LogP contribution in [0.25, 0.3) is 33.4 Å². The van der Waals surface area contributed by atoms with Crippen molar-refractivity contribution in [1.82, 2.24) is 0 Å². The van der Waals surface area contributed by atoms with E-state index in [4.69, 9.17) is 9.90 Å². The maximum Gasteiger partial charge on any atom is 0.430 e. The first-order chi connectivity index (χ1) is 21.3. The average Bonchev–Trinajstić information content (AvgIpc) is 3.07. The Hall–Kier alpha value is -5.07. The highest BCUT2D eigenvalue weighted by Crippen LogP contribution is 2.35. The lowest BCUT2D eigenvalue weighted by atomic mass is 10.1. The second-order valence-electron chi connectivity index (χ2n) is 9.76. The zero-order chi connectivity index (χ0) is 30.9. The minimum Gasteiger partial charge on any atom is -0.542 e. The first-order valence-corrected chi connectivity index (χ1v) is 15.0. The molecule has 0 N–H and O–H groups in total. The molecule has 0 fully saturated rings. The summed E-state index contributed by atoms with van der Waals surface area (Å²) in [6, 6.07) is 59.0. The van der Waals surface area contributed by atoms with E-state index in [1.54, 1.807) is 0 Å². The summed E-state index contributed by atoms with van der Waals surface area (Å²) in [5.41, 5.74) is 7.46. The minimum absolute atomic E-state index is 0.209. The van der Waals surface area contributed by atoms with E-state index in [9.17, 15) is 13.2 Å². The molecular weight excluding hydrogens is 577 g/mol. The van der Waals surface area contributed by atoms with Gasteiger partial charge in [-0.2, -0.15) is 13.2 Å². The van der Waals surface area contributed by atoms with Crippen LogP contribution in [0.1, 0.15) is 0 Å². The number of halogens is 3. The van der Waals surface area contributed by atoms with Crippen molar-refractivity contribution in [1.29, 1.82) is 0 Å². The Morgan fingerprint density at radius 1 is 0.409 bits per heavy atom. The molecule has 218 valence electrons. The van der Waals surface area contributed by atoms with E-state index in [1.807, 2.05) is 0 Å². The summed E-state index contributed by atoms with van der Waals surface area (Å²) in [6.45, 7) is 0. The number of carbonyl (C=O) groups is 1. The number of benzene rings is 6. The van der Waals surface area contributed by atoms with Crippen molar-refractivity contribution >= 4 is 16.9 Å². The summed E-state index contributed by atoms with van der Waals surface area (Å²) >= 11 is 0. The van der Waals surface area contributed by atoms with Crippen LogP contribution < -0.4 is 5.11 Å². The Labute approximate surface area is 257 Å². The van der Waals surface area contributed by atoms with Gasteiger partial charge >= 0.3 is 6.18 Å². The van der Waals surface area contributed by atoms with Crippen molar-refractivity contribution in [3.63, 3.8) is 0 Å². The Bertz CT molecular complexity index is 1570. The number of carboxylic acids is 1. The van der Waals surface area contributed by atoms with E-state index in [0.29, 0.717) is 0 Å². The summed E-state index contributed by atoms with van der Waals surface area (Å²) in [6.07, 6.45) is -5.19. The molecule has 6 aromatic rings. The van der Waals surface area contributed by atoms with Crippen molar-refractivity contribution in [2.24, 2.45) is 0 Å².